The van der Waals surface area contributed by atoms with Crippen LogP contribution >= 0.6 is 0 Å². The molecule has 0 spiro atoms. The van der Waals surface area contributed by atoms with Crippen LogP contribution in [0.3, 0.4) is 0 Å². The van der Waals surface area contributed by atoms with Crippen LogP contribution in [0, 0.1) is 0 Å². The number of anilines is 2. The maximum Gasteiger partial charge on any atom is 0.141 e. The van der Waals surface area contributed by atoms with Crippen LogP contribution in [-0.4, -0.2) is 31.0 Å². The van der Waals surface area contributed by atoms with Crippen molar-refractivity contribution in [3.8, 4) is 5.75 Å². The quantitative estimate of drug-likeness (QED) is 0.821. The van der Waals surface area contributed by atoms with Crippen molar-refractivity contribution in [3.05, 3.63) is 18.2 Å². The Labute approximate surface area is 95.8 Å². The first-order valence-electron chi connectivity index (χ1n) is 5.59. The lowest BCUT2D eigenvalue weighted by atomic mass is 10.2. The van der Waals surface area contributed by atoms with E-state index in [0.29, 0.717) is 18.5 Å². The Bertz CT molecular complexity index is 360. The number of phenolic OH excluding ortho intramolecular Hbond substituents is 1. The number of nitrogens with zero attached hydrogens (tertiary/aromatic N) is 1. The summed E-state index contributed by atoms with van der Waals surface area (Å²) in [6.07, 6.45) is 0. The van der Waals surface area contributed by atoms with Gasteiger partial charge in [0.05, 0.1) is 12.3 Å². The number of aromatic hydroxyl groups is 1. The molecule has 4 nitrogen and oxygen atoms in total. The Morgan fingerprint density at radius 3 is 2.81 bits per heavy atom. The fourth-order valence-electron chi connectivity index (χ4n) is 1.82. The summed E-state index contributed by atoms with van der Waals surface area (Å²) in [6.45, 7) is 6.26. The minimum absolute atomic E-state index is 0.302. The number of nitrogens with one attached hydrogen (secondary N) is 1. The fourth-order valence-corrected chi connectivity index (χ4v) is 1.82. The van der Waals surface area contributed by atoms with Crippen LogP contribution in [0.5, 0.6) is 5.75 Å². The molecule has 0 aliphatic carbocycles. The van der Waals surface area contributed by atoms with Gasteiger partial charge in [-0.2, -0.15) is 0 Å². The van der Waals surface area contributed by atoms with Gasteiger partial charge in [-0.25, -0.2) is 0 Å². The van der Waals surface area contributed by atoms with Crippen molar-refractivity contribution in [2.24, 2.45) is 0 Å². The molecule has 1 aromatic carbocycles. The lowest BCUT2D eigenvalue weighted by molar-refractivity contribution is 0.201. The highest BCUT2D eigenvalue weighted by atomic mass is 16.5. The van der Waals surface area contributed by atoms with E-state index in [4.69, 9.17) is 4.74 Å². The first kappa shape index (κ1) is 11.1. The third kappa shape index (κ3) is 2.39. The van der Waals surface area contributed by atoms with Crippen LogP contribution < -0.4 is 10.2 Å². The first-order valence-corrected chi connectivity index (χ1v) is 5.59. The Kier molecular flexibility index (Phi) is 3.19. The van der Waals surface area contributed by atoms with Crippen molar-refractivity contribution in [2.45, 2.75) is 19.9 Å². The third-order valence-electron chi connectivity index (χ3n) is 2.52. The second kappa shape index (κ2) is 4.61. The second-order valence-electron chi connectivity index (χ2n) is 4.30. The Morgan fingerprint density at radius 1 is 1.44 bits per heavy atom. The van der Waals surface area contributed by atoms with Crippen molar-refractivity contribution in [2.75, 3.05) is 30.1 Å². The molecule has 4 heteroatoms. The monoisotopic (exact) mass is 222 g/mol. The van der Waals surface area contributed by atoms with Gasteiger partial charge in [0, 0.05) is 24.3 Å². The molecule has 2 N–H and O–H groups in total. The van der Waals surface area contributed by atoms with Gasteiger partial charge >= 0.3 is 0 Å². The third-order valence-corrected chi connectivity index (χ3v) is 2.52. The molecule has 1 heterocycles. The molecule has 1 aliphatic rings. The Morgan fingerprint density at radius 2 is 2.25 bits per heavy atom. The van der Waals surface area contributed by atoms with Crippen molar-refractivity contribution in [1.82, 2.24) is 0 Å². The highest BCUT2D eigenvalue weighted by Gasteiger charge is 2.16. The molecule has 2 rings (SSSR count). The Hall–Kier alpha value is -1.42. The normalized spacial score (nSPS) is 15.8. The molecule has 1 fully saturated rings. The van der Waals surface area contributed by atoms with E-state index in [1.54, 1.807) is 6.07 Å². The number of benzene rings is 1. The van der Waals surface area contributed by atoms with Crippen LogP contribution in [-0.2, 0) is 4.74 Å². The molecule has 1 aliphatic heterocycles. The van der Waals surface area contributed by atoms with Gasteiger partial charge in [-0.15, -0.1) is 0 Å². The molecular weight excluding hydrogens is 204 g/mol. The summed E-state index contributed by atoms with van der Waals surface area (Å²) >= 11 is 0. The standard InChI is InChI=1S/C12H18N2O2/c1-9(2)13-10-3-4-11(12(15)7-10)14-5-6-16-8-14/h3-4,7,9,13,15H,5-6,8H2,1-2H3. The van der Waals surface area contributed by atoms with Crippen LogP contribution in [0.15, 0.2) is 18.2 Å². The smallest absolute Gasteiger partial charge is 0.141 e. The topological polar surface area (TPSA) is 44.7 Å². The van der Waals surface area contributed by atoms with E-state index in [0.717, 1.165) is 24.5 Å². The second-order valence-corrected chi connectivity index (χ2v) is 4.30. The van der Waals surface area contributed by atoms with Gasteiger partial charge in [-0.05, 0) is 26.0 Å². The van der Waals surface area contributed by atoms with Crippen molar-refractivity contribution >= 4 is 11.4 Å². The average molecular weight is 222 g/mol. The molecule has 88 valence electrons. The number of phenols is 1. The summed E-state index contributed by atoms with van der Waals surface area (Å²) in [6, 6.07) is 6.02. The zero-order valence-electron chi connectivity index (χ0n) is 9.73. The SMILES string of the molecule is CC(C)Nc1ccc(N2CCOC2)c(O)c1. The molecular formula is C12H18N2O2. The molecule has 0 saturated carbocycles. The van der Waals surface area contributed by atoms with E-state index in [9.17, 15) is 5.11 Å². The predicted molar refractivity (Wildman–Crippen MR) is 65.0 cm³/mol. The maximum absolute atomic E-state index is 9.93. The summed E-state index contributed by atoms with van der Waals surface area (Å²) in [5.41, 5.74) is 1.78. The summed E-state index contributed by atoms with van der Waals surface area (Å²) in [7, 11) is 0. The zero-order valence-corrected chi connectivity index (χ0v) is 9.73. The number of hydrogen-bond donors (Lipinski definition) is 2. The zero-order chi connectivity index (χ0) is 11.5. The fraction of sp³-hybridized carbons (Fsp3) is 0.500. The van der Waals surface area contributed by atoms with Crippen LogP contribution in [0.1, 0.15) is 13.8 Å². The minimum Gasteiger partial charge on any atom is -0.506 e. The summed E-state index contributed by atoms with van der Waals surface area (Å²) < 4.78 is 5.26. The summed E-state index contributed by atoms with van der Waals surface area (Å²) in [5, 5.41) is 13.2. The first-order chi connectivity index (χ1) is 7.66. The Balaban J connectivity index is 2.15. The van der Waals surface area contributed by atoms with Crippen molar-refractivity contribution < 1.29 is 9.84 Å². The number of hydrogen-bond acceptors (Lipinski definition) is 4. The van der Waals surface area contributed by atoms with Gasteiger partial charge in [0.25, 0.3) is 0 Å². The average Bonchev–Trinajstić information content (AvgIpc) is 2.69. The highest BCUT2D eigenvalue weighted by molar-refractivity contribution is 5.64. The highest BCUT2D eigenvalue weighted by Crippen LogP contribution is 2.31. The molecule has 1 saturated heterocycles. The molecule has 0 aromatic heterocycles. The lowest BCUT2D eigenvalue weighted by Crippen LogP contribution is -2.18. The van der Waals surface area contributed by atoms with Gasteiger partial charge in [0.1, 0.15) is 12.5 Å². The van der Waals surface area contributed by atoms with E-state index in [-0.39, 0.29) is 0 Å². The maximum atomic E-state index is 9.93. The van der Waals surface area contributed by atoms with Crippen LogP contribution in [0.2, 0.25) is 0 Å². The van der Waals surface area contributed by atoms with E-state index in [2.05, 4.69) is 19.2 Å². The van der Waals surface area contributed by atoms with Gasteiger partial charge < -0.3 is 20.1 Å². The van der Waals surface area contributed by atoms with Crippen LogP contribution in [0.25, 0.3) is 0 Å². The van der Waals surface area contributed by atoms with E-state index in [1.165, 1.54) is 0 Å². The number of ether oxygens (including phenoxy) is 1. The molecule has 0 bridgehead atoms. The summed E-state index contributed by atoms with van der Waals surface area (Å²) in [5.74, 6) is 0.302. The van der Waals surface area contributed by atoms with E-state index >= 15 is 0 Å². The number of rotatable bonds is 3. The predicted octanol–water partition coefficient (Wildman–Crippen LogP) is 2.01. The minimum atomic E-state index is 0.302. The van der Waals surface area contributed by atoms with Crippen molar-refractivity contribution in [3.63, 3.8) is 0 Å². The van der Waals surface area contributed by atoms with Crippen LogP contribution in [0.4, 0.5) is 11.4 Å². The molecule has 1 aromatic rings. The van der Waals surface area contributed by atoms with E-state index < -0.39 is 0 Å². The van der Waals surface area contributed by atoms with Gasteiger partial charge in [0.15, 0.2) is 0 Å². The molecule has 0 amide bonds. The van der Waals surface area contributed by atoms with Crippen molar-refractivity contribution in [1.29, 1.82) is 0 Å². The molecule has 16 heavy (non-hydrogen) atoms. The largest absolute Gasteiger partial charge is 0.506 e. The van der Waals surface area contributed by atoms with E-state index in [1.807, 2.05) is 17.0 Å². The summed E-state index contributed by atoms with van der Waals surface area (Å²) in [4.78, 5) is 2.02. The van der Waals surface area contributed by atoms with Gasteiger partial charge in [-0.3, -0.25) is 0 Å². The molecule has 0 atom stereocenters. The molecule has 0 radical (unpaired) electrons. The lowest BCUT2D eigenvalue weighted by Gasteiger charge is -2.18. The van der Waals surface area contributed by atoms with Gasteiger partial charge in [-0.1, -0.05) is 0 Å². The van der Waals surface area contributed by atoms with Gasteiger partial charge in [0.2, 0.25) is 0 Å². The molecule has 0 unspecified atom stereocenters.